The highest BCUT2D eigenvalue weighted by Crippen LogP contribution is 2.24. The molecular formula is C11H16N2O3S. The SMILES string of the molecule is CC(O)c1cccnc1N1CCS(=O)(=O)CC1. The topological polar surface area (TPSA) is 70.5 Å². The quantitative estimate of drug-likeness (QED) is 0.828. The van der Waals surface area contributed by atoms with E-state index >= 15 is 0 Å². The van der Waals surface area contributed by atoms with Gasteiger partial charge in [0.1, 0.15) is 5.82 Å². The minimum absolute atomic E-state index is 0.156. The molecule has 1 atom stereocenters. The smallest absolute Gasteiger partial charge is 0.153 e. The summed E-state index contributed by atoms with van der Waals surface area (Å²) in [5, 5.41) is 9.65. The molecule has 6 heteroatoms. The van der Waals surface area contributed by atoms with Gasteiger partial charge in [0.05, 0.1) is 17.6 Å². The van der Waals surface area contributed by atoms with Crippen molar-refractivity contribution in [3.05, 3.63) is 23.9 Å². The van der Waals surface area contributed by atoms with Crippen molar-refractivity contribution in [2.45, 2.75) is 13.0 Å². The van der Waals surface area contributed by atoms with E-state index in [1.54, 1.807) is 19.2 Å². The largest absolute Gasteiger partial charge is 0.389 e. The Morgan fingerprint density at radius 3 is 2.65 bits per heavy atom. The average molecular weight is 256 g/mol. The summed E-state index contributed by atoms with van der Waals surface area (Å²) in [4.78, 5) is 6.16. The second kappa shape index (κ2) is 4.62. The third kappa shape index (κ3) is 2.76. The number of hydrogen-bond acceptors (Lipinski definition) is 5. The molecule has 1 aromatic rings. The van der Waals surface area contributed by atoms with Gasteiger partial charge >= 0.3 is 0 Å². The van der Waals surface area contributed by atoms with Crippen LogP contribution in [0.5, 0.6) is 0 Å². The molecule has 0 radical (unpaired) electrons. The van der Waals surface area contributed by atoms with Crippen molar-refractivity contribution in [3.63, 3.8) is 0 Å². The molecule has 1 aromatic heterocycles. The van der Waals surface area contributed by atoms with Crippen LogP contribution in [0.25, 0.3) is 0 Å². The molecule has 5 nitrogen and oxygen atoms in total. The highest BCUT2D eigenvalue weighted by atomic mass is 32.2. The molecule has 0 spiro atoms. The van der Waals surface area contributed by atoms with E-state index < -0.39 is 15.9 Å². The fourth-order valence-electron chi connectivity index (χ4n) is 1.92. The lowest BCUT2D eigenvalue weighted by Gasteiger charge is -2.29. The van der Waals surface area contributed by atoms with Crippen molar-refractivity contribution >= 4 is 15.7 Å². The number of aliphatic hydroxyl groups is 1. The van der Waals surface area contributed by atoms with Gasteiger partial charge in [0, 0.05) is 24.8 Å². The maximum atomic E-state index is 11.3. The Morgan fingerprint density at radius 2 is 2.06 bits per heavy atom. The predicted molar refractivity (Wildman–Crippen MR) is 65.7 cm³/mol. The molecule has 1 aliphatic heterocycles. The zero-order valence-electron chi connectivity index (χ0n) is 9.70. The van der Waals surface area contributed by atoms with E-state index in [4.69, 9.17) is 0 Å². The first kappa shape index (κ1) is 12.3. The number of pyridine rings is 1. The first-order valence-corrected chi connectivity index (χ1v) is 7.40. The number of rotatable bonds is 2. The van der Waals surface area contributed by atoms with E-state index in [1.807, 2.05) is 11.0 Å². The number of anilines is 1. The van der Waals surface area contributed by atoms with Gasteiger partial charge in [-0.05, 0) is 13.0 Å². The highest BCUT2D eigenvalue weighted by molar-refractivity contribution is 7.91. The first-order chi connectivity index (χ1) is 7.99. The van der Waals surface area contributed by atoms with Crippen LogP contribution in [0, 0.1) is 0 Å². The molecule has 0 aromatic carbocycles. The van der Waals surface area contributed by atoms with Crippen LogP contribution < -0.4 is 4.90 Å². The fraction of sp³-hybridized carbons (Fsp3) is 0.545. The maximum absolute atomic E-state index is 11.3. The number of sulfone groups is 1. The zero-order chi connectivity index (χ0) is 12.5. The normalized spacial score (nSPS) is 21.2. The van der Waals surface area contributed by atoms with E-state index in [9.17, 15) is 13.5 Å². The fourth-order valence-corrected chi connectivity index (χ4v) is 3.13. The minimum atomic E-state index is -2.89. The van der Waals surface area contributed by atoms with Crippen LogP contribution >= 0.6 is 0 Å². The average Bonchev–Trinajstić information content (AvgIpc) is 2.29. The van der Waals surface area contributed by atoms with Crippen LogP contribution in [0.2, 0.25) is 0 Å². The van der Waals surface area contributed by atoms with Crippen LogP contribution in [-0.2, 0) is 9.84 Å². The molecule has 1 unspecified atom stereocenters. The van der Waals surface area contributed by atoms with Gasteiger partial charge < -0.3 is 10.0 Å². The molecule has 1 N–H and O–H groups in total. The van der Waals surface area contributed by atoms with Crippen LogP contribution in [-0.4, -0.2) is 43.1 Å². The van der Waals surface area contributed by atoms with Gasteiger partial charge in [-0.1, -0.05) is 6.07 Å². The van der Waals surface area contributed by atoms with Crippen molar-refractivity contribution in [2.75, 3.05) is 29.5 Å². The van der Waals surface area contributed by atoms with Crippen molar-refractivity contribution in [2.24, 2.45) is 0 Å². The molecule has 1 fully saturated rings. The first-order valence-electron chi connectivity index (χ1n) is 5.58. The van der Waals surface area contributed by atoms with E-state index in [1.165, 1.54) is 0 Å². The Morgan fingerprint density at radius 1 is 1.41 bits per heavy atom. The van der Waals surface area contributed by atoms with Gasteiger partial charge in [0.25, 0.3) is 0 Å². The summed E-state index contributed by atoms with van der Waals surface area (Å²) in [6, 6.07) is 3.59. The van der Waals surface area contributed by atoms with E-state index in [0.717, 1.165) is 5.56 Å². The number of aliphatic hydroxyl groups excluding tert-OH is 1. The molecule has 2 heterocycles. The second-order valence-corrected chi connectivity index (χ2v) is 6.53. The summed E-state index contributed by atoms with van der Waals surface area (Å²) < 4.78 is 22.7. The summed E-state index contributed by atoms with van der Waals surface area (Å²) in [5.41, 5.74) is 0.742. The molecule has 1 saturated heterocycles. The lowest BCUT2D eigenvalue weighted by Crippen LogP contribution is -2.41. The third-order valence-electron chi connectivity index (χ3n) is 2.91. The highest BCUT2D eigenvalue weighted by Gasteiger charge is 2.24. The lowest BCUT2D eigenvalue weighted by molar-refractivity contribution is 0.199. The van der Waals surface area contributed by atoms with Crippen LogP contribution in [0.1, 0.15) is 18.6 Å². The van der Waals surface area contributed by atoms with Crippen LogP contribution in [0.4, 0.5) is 5.82 Å². The van der Waals surface area contributed by atoms with E-state index in [2.05, 4.69) is 4.98 Å². The molecule has 1 aliphatic rings. The Bertz CT molecular complexity index is 485. The number of hydrogen-bond donors (Lipinski definition) is 1. The zero-order valence-corrected chi connectivity index (χ0v) is 10.5. The number of aromatic nitrogens is 1. The van der Waals surface area contributed by atoms with Gasteiger partial charge in [0.15, 0.2) is 9.84 Å². The standard InChI is InChI=1S/C11H16N2O3S/c1-9(14)10-3-2-4-12-11(10)13-5-7-17(15,16)8-6-13/h2-4,9,14H,5-8H2,1H3. The van der Waals surface area contributed by atoms with Gasteiger partial charge in [-0.3, -0.25) is 0 Å². The maximum Gasteiger partial charge on any atom is 0.153 e. The summed E-state index contributed by atoms with van der Waals surface area (Å²) in [6.45, 7) is 2.57. The summed E-state index contributed by atoms with van der Waals surface area (Å²) >= 11 is 0. The molecule has 0 saturated carbocycles. The van der Waals surface area contributed by atoms with Crippen LogP contribution in [0.15, 0.2) is 18.3 Å². The van der Waals surface area contributed by atoms with Crippen molar-refractivity contribution in [1.82, 2.24) is 4.98 Å². The molecular weight excluding hydrogens is 240 g/mol. The van der Waals surface area contributed by atoms with Gasteiger partial charge in [-0.25, -0.2) is 13.4 Å². The molecule has 0 amide bonds. The number of nitrogens with zero attached hydrogens (tertiary/aromatic N) is 2. The van der Waals surface area contributed by atoms with Crippen molar-refractivity contribution in [3.8, 4) is 0 Å². The summed E-state index contributed by atoms with van der Waals surface area (Å²) in [6.07, 6.45) is 1.06. The van der Waals surface area contributed by atoms with E-state index in [0.29, 0.717) is 18.9 Å². The lowest BCUT2D eigenvalue weighted by atomic mass is 10.1. The van der Waals surface area contributed by atoms with Crippen molar-refractivity contribution in [1.29, 1.82) is 0 Å². The Hall–Kier alpha value is -1.14. The van der Waals surface area contributed by atoms with E-state index in [-0.39, 0.29) is 11.5 Å². The molecule has 0 aliphatic carbocycles. The van der Waals surface area contributed by atoms with Gasteiger partial charge in [-0.2, -0.15) is 0 Å². The van der Waals surface area contributed by atoms with Crippen molar-refractivity contribution < 1.29 is 13.5 Å². The summed E-state index contributed by atoms with van der Waals surface area (Å²) in [5.74, 6) is 1.00. The molecule has 17 heavy (non-hydrogen) atoms. The predicted octanol–water partition coefficient (Wildman–Crippen LogP) is 0.370. The third-order valence-corrected chi connectivity index (χ3v) is 4.52. The minimum Gasteiger partial charge on any atom is -0.389 e. The Balaban J connectivity index is 2.24. The molecule has 94 valence electrons. The molecule has 0 bridgehead atoms. The Kier molecular flexibility index (Phi) is 3.35. The van der Waals surface area contributed by atoms with Crippen LogP contribution in [0.3, 0.4) is 0 Å². The monoisotopic (exact) mass is 256 g/mol. The summed E-state index contributed by atoms with van der Waals surface area (Å²) in [7, 11) is -2.89. The second-order valence-electron chi connectivity index (χ2n) is 4.23. The Labute approximate surface area is 101 Å². The molecule has 2 rings (SSSR count). The van der Waals surface area contributed by atoms with Gasteiger partial charge in [-0.15, -0.1) is 0 Å². The van der Waals surface area contributed by atoms with Gasteiger partial charge in [0.2, 0.25) is 0 Å².